The number of rotatable bonds is 2. The van der Waals surface area contributed by atoms with Crippen LogP contribution in [0.4, 0.5) is 5.69 Å². The van der Waals surface area contributed by atoms with Crippen molar-refractivity contribution in [1.82, 2.24) is 9.62 Å². The fourth-order valence-corrected chi connectivity index (χ4v) is 10.4. The molecule has 0 aromatic heterocycles. The zero-order valence-corrected chi connectivity index (χ0v) is 31.2. The molecular weight excluding hydrogens is 674 g/mol. The van der Waals surface area contributed by atoms with Crippen LogP contribution in [0, 0.1) is 23.7 Å². The molecule has 0 radical (unpaired) electrons. The van der Waals surface area contributed by atoms with Crippen molar-refractivity contribution >= 4 is 33.2 Å². The Hall–Kier alpha value is -2.37. The average Bonchev–Trinajstić information content (AvgIpc) is 3.63. The summed E-state index contributed by atoms with van der Waals surface area (Å²) in [4.78, 5) is 18.5. The molecule has 1 aliphatic carbocycles. The van der Waals surface area contributed by atoms with Gasteiger partial charge in [-0.3, -0.25) is 9.69 Å². The summed E-state index contributed by atoms with van der Waals surface area (Å²) in [6.45, 7) is 9.36. The number of benzene rings is 2. The van der Waals surface area contributed by atoms with Crippen LogP contribution in [-0.4, -0.2) is 76.2 Å². The van der Waals surface area contributed by atoms with Crippen LogP contribution in [0.15, 0.2) is 36.4 Å². The highest BCUT2D eigenvalue weighted by molar-refractivity contribution is 7.90. The predicted octanol–water partition coefficient (Wildman–Crippen LogP) is 6.81. The number of ether oxygens (including phenoxy) is 3. The molecule has 2 aromatic rings. The van der Waals surface area contributed by atoms with E-state index >= 15 is 0 Å². The summed E-state index contributed by atoms with van der Waals surface area (Å²) in [6, 6.07) is 11.6. The highest BCUT2D eigenvalue weighted by atomic mass is 35.5. The minimum Gasteiger partial charge on any atom is -0.487 e. The lowest BCUT2D eigenvalue weighted by Gasteiger charge is -2.48. The molecule has 3 fully saturated rings. The molecule has 1 N–H and O–H groups in total. The average molecular weight is 728 g/mol. The van der Waals surface area contributed by atoms with Crippen molar-refractivity contribution in [2.24, 2.45) is 23.7 Å². The van der Waals surface area contributed by atoms with E-state index in [1.54, 1.807) is 13.0 Å². The van der Waals surface area contributed by atoms with E-state index in [9.17, 15) is 13.2 Å². The Kier molecular flexibility index (Phi) is 11.3. The van der Waals surface area contributed by atoms with E-state index in [0.29, 0.717) is 49.0 Å². The van der Waals surface area contributed by atoms with Gasteiger partial charge in [-0.2, -0.15) is 0 Å². The van der Waals surface area contributed by atoms with E-state index in [4.69, 9.17) is 25.8 Å². The first-order valence-corrected chi connectivity index (χ1v) is 20.9. The van der Waals surface area contributed by atoms with E-state index in [1.165, 1.54) is 18.4 Å². The monoisotopic (exact) mass is 727 g/mol. The van der Waals surface area contributed by atoms with Gasteiger partial charge in [0.25, 0.3) is 5.91 Å². The summed E-state index contributed by atoms with van der Waals surface area (Å²) in [6.07, 6.45) is 9.93. The van der Waals surface area contributed by atoms with Gasteiger partial charge < -0.3 is 19.1 Å². The summed E-state index contributed by atoms with van der Waals surface area (Å²) in [5.74, 6) is 1.09. The molecule has 0 spiro atoms. The third-order valence-electron chi connectivity index (χ3n) is 12.4. The van der Waals surface area contributed by atoms with Crippen LogP contribution in [0.3, 0.4) is 0 Å². The Bertz CT molecular complexity index is 1610. The quantitative estimate of drug-likeness (QED) is 0.361. The number of hydrogen-bond donors (Lipinski definition) is 1. The Morgan fingerprint density at radius 3 is 2.38 bits per heavy atom. The molecule has 4 heterocycles. The molecule has 50 heavy (non-hydrogen) atoms. The van der Waals surface area contributed by atoms with Crippen molar-refractivity contribution < 1.29 is 27.4 Å². The van der Waals surface area contributed by atoms with Gasteiger partial charge in [-0.05, 0) is 137 Å². The summed E-state index contributed by atoms with van der Waals surface area (Å²) < 4.78 is 49.1. The van der Waals surface area contributed by atoms with Crippen molar-refractivity contribution in [1.29, 1.82) is 0 Å². The summed E-state index contributed by atoms with van der Waals surface area (Å²) in [7, 11) is -3.90. The third kappa shape index (κ3) is 7.99. The number of carbonyl (C=O) groups excluding carboxylic acids is 1. The first-order valence-electron chi connectivity index (χ1n) is 19.0. The first kappa shape index (κ1) is 36.0. The number of amides is 1. The topological polar surface area (TPSA) is 97.4 Å². The fourth-order valence-electron chi connectivity index (χ4n) is 8.87. The molecule has 2 aromatic carbocycles. The number of nitrogens with one attached hydrogen (secondary N) is 1. The molecule has 7 rings (SSSR count). The van der Waals surface area contributed by atoms with E-state index < -0.39 is 21.2 Å². The molecule has 5 aliphatic rings. The Balaban J connectivity index is 1.20. The molecular formula is C39H54ClN3O6S. The van der Waals surface area contributed by atoms with E-state index in [-0.39, 0.29) is 18.1 Å². The number of carbonyl (C=O) groups is 1. The van der Waals surface area contributed by atoms with Crippen LogP contribution in [-0.2, 0) is 32.5 Å². The second-order valence-electron chi connectivity index (χ2n) is 15.5. The number of fused-ring (bicyclic) bond motifs is 3. The van der Waals surface area contributed by atoms with Crippen molar-refractivity contribution in [3.05, 3.63) is 58.1 Å². The third-order valence-corrected chi connectivity index (χ3v) is 14.5. The molecule has 9 nitrogen and oxygen atoms in total. The number of likely N-dealkylation sites (tertiary alicyclic amines) is 1. The second kappa shape index (κ2) is 15.7. The van der Waals surface area contributed by atoms with Gasteiger partial charge in [0.1, 0.15) is 12.4 Å². The molecule has 5 atom stereocenters. The van der Waals surface area contributed by atoms with Gasteiger partial charge in [-0.1, -0.05) is 31.0 Å². The molecule has 4 aliphatic heterocycles. The largest absolute Gasteiger partial charge is 0.487 e. The maximum Gasteiger partial charge on any atom is 0.264 e. The molecule has 0 unspecified atom stereocenters. The maximum atomic E-state index is 13.6. The molecule has 2 saturated heterocycles. The maximum absolute atomic E-state index is 13.6. The van der Waals surface area contributed by atoms with Gasteiger partial charge in [0.2, 0.25) is 10.0 Å². The lowest BCUT2D eigenvalue weighted by molar-refractivity contribution is -0.242. The van der Waals surface area contributed by atoms with Crippen LogP contribution in [0.2, 0.25) is 5.02 Å². The highest BCUT2D eigenvalue weighted by Crippen LogP contribution is 2.46. The zero-order chi connectivity index (χ0) is 34.8. The molecule has 2 bridgehead atoms. The van der Waals surface area contributed by atoms with Gasteiger partial charge >= 0.3 is 0 Å². The number of sulfonamides is 1. The predicted molar refractivity (Wildman–Crippen MR) is 196 cm³/mol. The Morgan fingerprint density at radius 2 is 1.62 bits per heavy atom. The molecule has 1 saturated carbocycles. The van der Waals surface area contributed by atoms with Crippen LogP contribution in [0.1, 0.15) is 93.1 Å². The van der Waals surface area contributed by atoms with Crippen molar-refractivity contribution in [3.63, 3.8) is 0 Å². The number of hydrogen-bond acceptors (Lipinski definition) is 8. The molecule has 274 valence electrons. The number of anilines is 1. The van der Waals surface area contributed by atoms with Crippen LogP contribution in [0.25, 0.3) is 0 Å². The molecule has 1 amide bonds. The normalized spacial score (nSPS) is 32.7. The minimum absolute atomic E-state index is 0.118. The highest BCUT2D eigenvalue weighted by Gasteiger charge is 2.44. The fraction of sp³-hybridized carbons (Fsp3) is 0.667. The van der Waals surface area contributed by atoms with E-state index in [0.717, 1.165) is 93.8 Å². The van der Waals surface area contributed by atoms with E-state index in [2.05, 4.69) is 14.5 Å². The second-order valence-corrected chi connectivity index (χ2v) is 17.9. The summed E-state index contributed by atoms with van der Waals surface area (Å²) in [5, 5.41) is 0.00779. The van der Waals surface area contributed by atoms with Crippen LogP contribution >= 0.6 is 11.6 Å². The number of nitrogens with zero attached hydrogens (tertiary/aromatic N) is 2. The Morgan fingerprint density at radius 1 is 0.840 bits per heavy atom. The van der Waals surface area contributed by atoms with Crippen LogP contribution < -0.4 is 14.4 Å². The standard InChI is InChI=1S/C39H54ClN3O6S/c1-26-8-7-10-35(39-48-24-33(25-49-39)42-17-5-6-18-42)34-15-12-30(34)22-43-19-4-3-9-28-20-32(40)14-11-31(28)23-47-37-16-13-29(21-36(37)43)38(44)41-50(45,46)27(26)2/h11,13-14,16,20-21,26-27,30,33-35,39H,3-10,12,15,17-19,22-25H2,1-2H3,(H,41,44)/t26-,27+,30-,33-,34+,35-,39-/m0/s1. The lowest BCUT2D eigenvalue weighted by atomic mass is 9.65. The number of aryl methyl sites for hydroxylation is 1. The Labute approximate surface area is 303 Å². The zero-order valence-electron chi connectivity index (χ0n) is 29.7. The lowest BCUT2D eigenvalue weighted by Crippen LogP contribution is -2.51. The van der Waals surface area contributed by atoms with Crippen LogP contribution in [0.5, 0.6) is 5.75 Å². The molecule has 11 heteroatoms. The van der Waals surface area contributed by atoms with Crippen molar-refractivity contribution in [2.75, 3.05) is 44.3 Å². The SMILES string of the molecule is C[C@@H]1[C@@H](C)CCC[C@H]([C@H]2OC[C@H](N3CCCC3)CO2)[C@@H]2CC[C@H]2CN2CCCCc3cc(Cl)ccc3COc3ccc(cc32)C(=O)NS1(=O)=O. The van der Waals surface area contributed by atoms with Crippen molar-refractivity contribution in [2.45, 2.75) is 102 Å². The smallest absolute Gasteiger partial charge is 0.264 e. The van der Waals surface area contributed by atoms with Gasteiger partial charge in [-0.25, -0.2) is 13.1 Å². The first-order chi connectivity index (χ1) is 24.2. The minimum atomic E-state index is -3.90. The number of halogens is 1. The van der Waals surface area contributed by atoms with Gasteiger partial charge in [0, 0.05) is 29.6 Å². The van der Waals surface area contributed by atoms with Gasteiger partial charge in [0.05, 0.1) is 30.2 Å². The summed E-state index contributed by atoms with van der Waals surface area (Å²) in [5.41, 5.74) is 3.45. The van der Waals surface area contributed by atoms with Crippen molar-refractivity contribution in [3.8, 4) is 5.75 Å². The van der Waals surface area contributed by atoms with Gasteiger partial charge in [0.15, 0.2) is 6.29 Å². The summed E-state index contributed by atoms with van der Waals surface area (Å²) >= 11 is 6.39. The van der Waals surface area contributed by atoms with E-state index in [1.807, 2.05) is 37.3 Å². The van der Waals surface area contributed by atoms with Gasteiger partial charge in [-0.15, -0.1) is 0 Å².